The third kappa shape index (κ3) is 2.19. The largest absolute Gasteiger partial charge is 0.308 e. The minimum absolute atomic E-state index is 0.417. The fourth-order valence-electron chi connectivity index (χ4n) is 2.43. The van der Waals surface area contributed by atoms with E-state index in [2.05, 4.69) is 12.2 Å². The Labute approximate surface area is 110 Å². The number of aromatic nitrogens is 1. The zero-order valence-electron chi connectivity index (χ0n) is 9.74. The monoisotopic (exact) mass is 266 g/mol. The van der Waals surface area contributed by atoms with Crippen LogP contribution in [0, 0.1) is 5.92 Å². The van der Waals surface area contributed by atoms with E-state index in [4.69, 9.17) is 16.6 Å². The van der Waals surface area contributed by atoms with Gasteiger partial charge in [-0.3, -0.25) is 0 Å². The predicted octanol–water partition coefficient (Wildman–Crippen LogP) is 4.01. The molecule has 2 nitrogen and oxygen atoms in total. The summed E-state index contributed by atoms with van der Waals surface area (Å²) in [7, 11) is 0. The third-order valence-corrected chi connectivity index (χ3v) is 4.74. The van der Waals surface area contributed by atoms with Gasteiger partial charge in [0.25, 0.3) is 0 Å². The summed E-state index contributed by atoms with van der Waals surface area (Å²) >= 11 is 7.77. The Kier molecular flexibility index (Phi) is 3.07. The molecule has 1 aliphatic rings. The van der Waals surface area contributed by atoms with E-state index >= 15 is 0 Å². The van der Waals surface area contributed by atoms with Gasteiger partial charge in [0.1, 0.15) is 5.01 Å². The van der Waals surface area contributed by atoms with Crippen molar-refractivity contribution < 1.29 is 0 Å². The van der Waals surface area contributed by atoms with Gasteiger partial charge in [0.2, 0.25) is 0 Å². The molecular formula is C13H15ClN2S. The quantitative estimate of drug-likeness (QED) is 0.844. The van der Waals surface area contributed by atoms with Crippen molar-refractivity contribution in [3.63, 3.8) is 0 Å². The highest BCUT2D eigenvalue weighted by atomic mass is 35.5. The van der Waals surface area contributed by atoms with Crippen LogP contribution in [0.1, 0.15) is 30.8 Å². The summed E-state index contributed by atoms with van der Waals surface area (Å²) in [4.78, 5) is 4.73. The molecular weight excluding hydrogens is 252 g/mol. The van der Waals surface area contributed by atoms with E-state index in [1.165, 1.54) is 22.5 Å². The van der Waals surface area contributed by atoms with Gasteiger partial charge in [-0.2, -0.15) is 0 Å². The molecule has 90 valence electrons. The van der Waals surface area contributed by atoms with Gasteiger partial charge in [-0.05, 0) is 43.5 Å². The van der Waals surface area contributed by atoms with E-state index in [9.17, 15) is 0 Å². The van der Waals surface area contributed by atoms with Crippen LogP contribution in [0.25, 0.3) is 10.2 Å². The fraction of sp³-hybridized carbons (Fsp3) is 0.462. The number of hydrogen-bond donors (Lipinski definition) is 1. The maximum absolute atomic E-state index is 6.01. The molecule has 1 aliphatic heterocycles. The molecule has 17 heavy (non-hydrogen) atoms. The molecule has 4 heteroatoms. The van der Waals surface area contributed by atoms with Crippen LogP contribution in [0.4, 0.5) is 0 Å². The van der Waals surface area contributed by atoms with Crippen molar-refractivity contribution >= 4 is 33.2 Å². The lowest BCUT2D eigenvalue weighted by molar-refractivity contribution is 0.305. The molecule has 1 N–H and O–H groups in total. The second-order valence-corrected chi connectivity index (χ2v) is 6.21. The summed E-state index contributed by atoms with van der Waals surface area (Å²) < 4.78 is 1.19. The topological polar surface area (TPSA) is 24.9 Å². The van der Waals surface area contributed by atoms with E-state index in [0.29, 0.717) is 12.0 Å². The van der Waals surface area contributed by atoms with Gasteiger partial charge in [-0.1, -0.05) is 18.5 Å². The first-order valence-corrected chi connectivity index (χ1v) is 7.23. The summed E-state index contributed by atoms with van der Waals surface area (Å²) in [6, 6.07) is 6.34. The molecule has 2 atom stereocenters. The van der Waals surface area contributed by atoms with Crippen molar-refractivity contribution in [1.29, 1.82) is 0 Å². The van der Waals surface area contributed by atoms with Crippen molar-refractivity contribution in [1.82, 2.24) is 10.3 Å². The summed E-state index contributed by atoms with van der Waals surface area (Å²) in [5, 5.41) is 5.57. The van der Waals surface area contributed by atoms with Crippen LogP contribution in [-0.2, 0) is 0 Å². The van der Waals surface area contributed by atoms with Crippen LogP contribution in [0.3, 0.4) is 0 Å². The molecule has 3 rings (SSSR count). The highest BCUT2D eigenvalue weighted by Crippen LogP contribution is 2.34. The SMILES string of the molecule is CC1CCCNC1c1nc2ccc(Cl)cc2s1. The molecule has 0 saturated carbocycles. The number of fused-ring (bicyclic) bond motifs is 1. The molecule has 0 bridgehead atoms. The number of thiazole rings is 1. The molecule has 2 heterocycles. The number of nitrogens with zero attached hydrogens (tertiary/aromatic N) is 1. The van der Waals surface area contributed by atoms with Gasteiger partial charge in [0.15, 0.2) is 0 Å². The second-order valence-electron chi connectivity index (χ2n) is 4.72. The minimum atomic E-state index is 0.417. The molecule has 1 aromatic heterocycles. The Morgan fingerprint density at radius 1 is 1.47 bits per heavy atom. The van der Waals surface area contributed by atoms with E-state index < -0.39 is 0 Å². The van der Waals surface area contributed by atoms with Crippen LogP contribution in [0.2, 0.25) is 5.02 Å². The number of benzene rings is 1. The zero-order valence-corrected chi connectivity index (χ0v) is 11.3. The summed E-state index contributed by atoms with van der Waals surface area (Å²) in [6.07, 6.45) is 2.56. The summed E-state index contributed by atoms with van der Waals surface area (Å²) in [6.45, 7) is 3.40. The lowest BCUT2D eigenvalue weighted by Crippen LogP contribution is -2.32. The molecule has 1 aromatic carbocycles. The molecule has 1 saturated heterocycles. The molecule has 2 aromatic rings. The van der Waals surface area contributed by atoms with Crippen LogP contribution in [-0.4, -0.2) is 11.5 Å². The molecule has 0 aliphatic carbocycles. The maximum Gasteiger partial charge on any atom is 0.111 e. The van der Waals surface area contributed by atoms with E-state index in [-0.39, 0.29) is 0 Å². The molecule has 1 fully saturated rings. The maximum atomic E-state index is 6.01. The van der Waals surface area contributed by atoms with E-state index in [0.717, 1.165) is 17.1 Å². The van der Waals surface area contributed by atoms with E-state index in [1.807, 2.05) is 18.2 Å². The Morgan fingerprint density at radius 3 is 3.18 bits per heavy atom. The first-order chi connectivity index (χ1) is 8.24. The second kappa shape index (κ2) is 4.56. The van der Waals surface area contributed by atoms with Gasteiger partial charge in [-0.25, -0.2) is 4.98 Å². The number of rotatable bonds is 1. The summed E-state index contributed by atoms with van der Waals surface area (Å²) in [5.74, 6) is 0.666. The lowest BCUT2D eigenvalue weighted by atomic mass is 9.93. The van der Waals surface area contributed by atoms with E-state index in [1.54, 1.807) is 11.3 Å². The van der Waals surface area contributed by atoms with Gasteiger partial charge < -0.3 is 5.32 Å². The number of halogens is 1. The Morgan fingerprint density at radius 2 is 2.35 bits per heavy atom. The van der Waals surface area contributed by atoms with Crippen LogP contribution in [0.15, 0.2) is 18.2 Å². The first-order valence-electron chi connectivity index (χ1n) is 6.03. The van der Waals surface area contributed by atoms with Crippen molar-refractivity contribution in [2.75, 3.05) is 6.54 Å². The van der Waals surface area contributed by atoms with Crippen LogP contribution in [0.5, 0.6) is 0 Å². The van der Waals surface area contributed by atoms with Crippen molar-refractivity contribution in [3.05, 3.63) is 28.2 Å². The number of hydrogen-bond acceptors (Lipinski definition) is 3. The highest BCUT2D eigenvalue weighted by molar-refractivity contribution is 7.18. The normalized spacial score (nSPS) is 25.3. The first kappa shape index (κ1) is 11.5. The smallest absolute Gasteiger partial charge is 0.111 e. The van der Waals surface area contributed by atoms with Gasteiger partial charge in [0.05, 0.1) is 16.3 Å². The Hall–Kier alpha value is -0.640. The lowest BCUT2D eigenvalue weighted by Gasteiger charge is -2.28. The Balaban J connectivity index is 1.99. The summed E-state index contributed by atoms with van der Waals surface area (Å²) in [5.41, 5.74) is 1.06. The van der Waals surface area contributed by atoms with Crippen molar-refractivity contribution in [2.45, 2.75) is 25.8 Å². The molecule has 0 spiro atoms. The minimum Gasteiger partial charge on any atom is -0.308 e. The van der Waals surface area contributed by atoms with Gasteiger partial charge in [0, 0.05) is 5.02 Å². The molecule has 0 amide bonds. The van der Waals surface area contributed by atoms with Crippen molar-refractivity contribution in [2.24, 2.45) is 5.92 Å². The van der Waals surface area contributed by atoms with Crippen LogP contribution < -0.4 is 5.32 Å². The van der Waals surface area contributed by atoms with Gasteiger partial charge in [-0.15, -0.1) is 11.3 Å². The number of nitrogens with one attached hydrogen (secondary N) is 1. The average Bonchev–Trinajstić information content (AvgIpc) is 2.72. The zero-order chi connectivity index (χ0) is 11.8. The predicted molar refractivity (Wildman–Crippen MR) is 73.8 cm³/mol. The molecule has 0 radical (unpaired) electrons. The highest BCUT2D eigenvalue weighted by Gasteiger charge is 2.25. The molecule has 2 unspecified atom stereocenters. The third-order valence-electron chi connectivity index (χ3n) is 3.40. The van der Waals surface area contributed by atoms with Gasteiger partial charge >= 0.3 is 0 Å². The Bertz CT molecular complexity index is 537. The fourth-order valence-corrected chi connectivity index (χ4v) is 3.88. The number of piperidine rings is 1. The standard InChI is InChI=1S/C13H15ClN2S/c1-8-3-2-6-15-12(8)13-16-10-5-4-9(14)7-11(10)17-13/h4-5,7-8,12,15H,2-3,6H2,1H3. The van der Waals surface area contributed by atoms with Crippen LogP contribution >= 0.6 is 22.9 Å². The van der Waals surface area contributed by atoms with Crippen molar-refractivity contribution in [3.8, 4) is 0 Å². The average molecular weight is 267 g/mol.